The highest BCUT2D eigenvalue weighted by Gasteiger charge is 2.25. The number of carbonyl (C=O) groups excluding carboxylic acids is 1. The van der Waals surface area contributed by atoms with Crippen molar-refractivity contribution in [1.29, 1.82) is 0 Å². The molecule has 1 atom stereocenters. The van der Waals surface area contributed by atoms with Crippen LogP contribution in [-0.2, 0) is 9.47 Å². The fraction of sp³-hybridized carbons (Fsp3) is 0.562. The van der Waals surface area contributed by atoms with Crippen molar-refractivity contribution in [3.8, 4) is 0 Å². The van der Waals surface area contributed by atoms with Crippen LogP contribution >= 0.6 is 0 Å². The molecule has 0 aromatic carbocycles. The van der Waals surface area contributed by atoms with Gasteiger partial charge in [0.25, 0.3) is 0 Å². The lowest BCUT2D eigenvalue weighted by Gasteiger charge is -2.12. The van der Waals surface area contributed by atoms with Crippen LogP contribution in [0.25, 0.3) is 11.1 Å². The smallest absolute Gasteiger partial charge is 0.342 e. The number of nitrogens with zero attached hydrogens (tertiary/aromatic N) is 2. The molecule has 0 saturated carbocycles. The maximum Gasteiger partial charge on any atom is 0.342 e. The highest BCUT2D eigenvalue weighted by atomic mass is 16.5. The van der Waals surface area contributed by atoms with Crippen LogP contribution in [0.3, 0.4) is 0 Å². The number of hydrogen-bond donors (Lipinski definition) is 1. The summed E-state index contributed by atoms with van der Waals surface area (Å²) in [6.45, 7) is 7.02. The molecule has 1 saturated heterocycles. The number of fused-ring (bicyclic) bond motifs is 1. The molecule has 3 heterocycles. The van der Waals surface area contributed by atoms with Crippen molar-refractivity contribution in [3.63, 3.8) is 0 Å². The molecule has 0 amide bonds. The summed E-state index contributed by atoms with van der Waals surface area (Å²) >= 11 is 0. The van der Waals surface area contributed by atoms with Crippen LogP contribution in [0.15, 0.2) is 4.42 Å². The molecule has 1 aliphatic rings. The predicted octanol–water partition coefficient (Wildman–Crippen LogP) is 2.61. The monoisotopic (exact) mass is 319 g/mol. The number of aromatic nitrogens is 2. The van der Waals surface area contributed by atoms with E-state index in [1.54, 1.807) is 20.8 Å². The molecule has 0 spiro atoms. The van der Waals surface area contributed by atoms with Crippen molar-refractivity contribution >= 4 is 22.9 Å². The summed E-state index contributed by atoms with van der Waals surface area (Å²) in [4.78, 5) is 21.0. The Hall–Kier alpha value is -2.15. The third kappa shape index (κ3) is 3.14. The van der Waals surface area contributed by atoms with Crippen LogP contribution in [0.4, 0.5) is 5.82 Å². The van der Waals surface area contributed by atoms with Crippen molar-refractivity contribution in [2.45, 2.75) is 39.7 Å². The van der Waals surface area contributed by atoms with Gasteiger partial charge in [0.1, 0.15) is 23.0 Å². The first-order valence-electron chi connectivity index (χ1n) is 7.90. The van der Waals surface area contributed by atoms with E-state index in [1.165, 1.54) is 0 Å². The lowest BCUT2D eigenvalue weighted by atomic mass is 10.1. The lowest BCUT2D eigenvalue weighted by Crippen LogP contribution is -2.19. The van der Waals surface area contributed by atoms with Gasteiger partial charge in [-0.15, -0.1) is 0 Å². The van der Waals surface area contributed by atoms with Gasteiger partial charge in [0.2, 0.25) is 5.71 Å². The molecule has 23 heavy (non-hydrogen) atoms. The van der Waals surface area contributed by atoms with Crippen LogP contribution in [0.2, 0.25) is 0 Å². The summed E-state index contributed by atoms with van der Waals surface area (Å²) in [6, 6.07) is 0. The number of esters is 1. The second kappa shape index (κ2) is 6.54. The number of rotatable bonds is 5. The Labute approximate surface area is 134 Å². The van der Waals surface area contributed by atoms with E-state index in [-0.39, 0.29) is 6.10 Å². The molecule has 3 rings (SSSR count). The molecule has 0 aliphatic carbocycles. The highest BCUT2D eigenvalue weighted by molar-refractivity contribution is 6.07. The van der Waals surface area contributed by atoms with E-state index in [1.807, 2.05) is 0 Å². The van der Waals surface area contributed by atoms with Gasteiger partial charge < -0.3 is 19.2 Å². The summed E-state index contributed by atoms with van der Waals surface area (Å²) in [6.07, 6.45) is 2.26. The molecule has 1 N–H and O–H groups in total. The molecule has 0 unspecified atom stereocenters. The first-order valence-corrected chi connectivity index (χ1v) is 7.90. The molecule has 1 aliphatic heterocycles. The zero-order valence-electron chi connectivity index (χ0n) is 13.6. The topological polar surface area (TPSA) is 86.5 Å². The third-order valence-corrected chi connectivity index (χ3v) is 3.84. The van der Waals surface area contributed by atoms with Gasteiger partial charge in [-0.05, 0) is 33.6 Å². The molecule has 2 aromatic rings. The maximum atomic E-state index is 12.2. The van der Waals surface area contributed by atoms with Crippen molar-refractivity contribution in [3.05, 3.63) is 17.1 Å². The molecule has 7 nitrogen and oxygen atoms in total. The Morgan fingerprint density at radius 3 is 2.91 bits per heavy atom. The first-order chi connectivity index (χ1) is 11.1. The van der Waals surface area contributed by atoms with E-state index < -0.39 is 5.97 Å². The fourth-order valence-electron chi connectivity index (χ4n) is 2.81. The van der Waals surface area contributed by atoms with Crippen molar-refractivity contribution in [2.75, 3.05) is 25.1 Å². The van der Waals surface area contributed by atoms with Gasteiger partial charge >= 0.3 is 5.97 Å². The van der Waals surface area contributed by atoms with Crippen LogP contribution in [0.1, 0.15) is 41.7 Å². The molecule has 124 valence electrons. The van der Waals surface area contributed by atoms with Gasteiger partial charge in [0, 0.05) is 13.2 Å². The molecular weight excluding hydrogens is 298 g/mol. The van der Waals surface area contributed by atoms with Crippen LogP contribution in [0, 0.1) is 13.8 Å². The highest BCUT2D eigenvalue weighted by Crippen LogP contribution is 2.30. The van der Waals surface area contributed by atoms with E-state index in [0.29, 0.717) is 47.2 Å². The summed E-state index contributed by atoms with van der Waals surface area (Å²) in [5, 5.41) is 3.85. The van der Waals surface area contributed by atoms with Gasteiger partial charge in [0.15, 0.2) is 0 Å². The average Bonchev–Trinajstić information content (AvgIpc) is 3.11. The van der Waals surface area contributed by atoms with Gasteiger partial charge in [-0.3, -0.25) is 0 Å². The Balaban J connectivity index is 1.98. The number of carbonyl (C=O) groups is 1. The maximum absolute atomic E-state index is 12.2. The summed E-state index contributed by atoms with van der Waals surface area (Å²) in [5.41, 5.74) is 0.782. The largest absolute Gasteiger partial charge is 0.462 e. The Bertz CT molecular complexity index is 720. The van der Waals surface area contributed by atoms with Crippen LogP contribution in [-0.4, -0.2) is 41.8 Å². The number of aryl methyl sites for hydroxylation is 2. The van der Waals surface area contributed by atoms with E-state index in [2.05, 4.69) is 15.3 Å². The predicted molar refractivity (Wildman–Crippen MR) is 84.7 cm³/mol. The number of hydrogen-bond acceptors (Lipinski definition) is 7. The minimum atomic E-state index is -0.420. The molecule has 0 radical (unpaired) electrons. The molecular formula is C16H21N3O4. The second-order valence-corrected chi connectivity index (χ2v) is 5.57. The molecule has 7 heteroatoms. The van der Waals surface area contributed by atoms with Crippen molar-refractivity contribution in [2.24, 2.45) is 0 Å². The average molecular weight is 319 g/mol. The quantitative estimate of drug-likeness (QED) is 0.848. The standard InChI is InChI=1S/C16H21N3O4/c1-4-21-16(20)12-9(2)23-15-13(12)14(18-10(3)19-15)17-8-11-6-5-7-22-11/h11H,4-8H2,1-3H3,(H,17,18,19)/t11-/m1/s1. The molecule has 0 bridgehead atoms. The fourth-order valence-corrected chi connectivity index (χ4v) is 2.81. The minimum Gasteiger partial charge on any atom is -0.462 e. The zero-order chi connectivity index (χ0) is 16.4. The van der Waals surface area contributed by atoms with E-state index in [4.69, 9.17) is 13.9 Å². The third-order valence-electron chi connectivity index (χ3n) is 3.84. The Kier molecular flexibility index (Phi) is 4.47. The van der Waals surface area contributed by atoms with Crippen LogP contribution in [0.5, 0.6) is 0 Å². The minimum absolute atomic E-state index is 0.166. The molecule has 2 aromatic heterocycles. The van der Waals surface area contributed by atoms with Gasteiger partial charge in [0.05, 0.1) is 18.1 Å². The number of ether oxygens (including phenoxy) is 2. The summed E-state index contributed by atoms with van der Waals surface area (Å²) in [5.74, 6) is 1.23. The Morgan fingerprint density at radius 2 is 2.22 bits per heavy atom. The van der Waals surface area contributed by atoms with Gasteiger partial charge in [-0.2, -0.15) is 4.98 Å². The van der Waals surface area contributed by atoms with E-state index >= 15 is 0 Å². The number of furan rings is 1. The SMILES string of the molecule is CCOC(=O)c1c(C)oc2nc(C)nc(NC[C@H]3CCCO3)c12. The van der Waals surface area contributed by atoms with Crippen LogP contribution < -0.4 is 5.32 Å². The van der Waals surface area contributed by atoms with Crippen molar-refractivity contribution < 1.29 is 18.7 Å². The number of nitrogens with one attached hydrogen (secondary N) is 1. The van der Waals surface area contributed by atoms with E-state index in [0.717, 1.165) is 19.4 Å². The second-order valence-electron chi connectivity index (χ2n) is 5.57. The molecule has 1 fully saturated rings. The first kappa shape index (κ1) is 15.7. The Morgan fingerprint density at radius 1 is 1.39 bits per heavy atom. The summed E-state index contributed by atoms with van der Waals surface area (Å²) < 4.78 is 16.4. The van der Waals surface area contributed by atoms with Gasteiger partial charge in [-0.25, -0.2) is 9.78 Å². The summed E-state index contributed by atoms with van der Waals surface area (Å²) in [7, 11) is 0. The van der Waals surface area contributed by atoms with Crippen molar-refractivity contribution in [1.82, 2.24) is 9.97 Å². The number of anilines is 1. The lowest BCUT2D eigenvalue weighted by molar-refractivity contribution is 0.0526. The van der Waals surface area contributed by atoms with Gasteiger partial charge in [-0.1, -0.05) is 0 Å². The zero-order valence-corrected chi connectivity index (χ0v) is 13.6. The normalized spacial score (nSPS) is 17.6. The van der Waals surface area contributed by atoms with E-state index in [9.17, 15) is 4.79 Å².